The van der Waals surface area contributed by atoms with Gasteiger partial charge in [-0.15, -0.1) is 0 Å². The molecular formula is C15H30N2O4. The largest absolute Gasteiger partial charge is 0.444 e. The van der Waals surface area contributed by atoms with E-state index in [9.17, 15) is 9.59 Å². The molecule has 0 aliphatic rings. The highest BCUT2D eigenvalue weighted by Crippen LogP contribution is 2.09. The molecule has 0 aliphatic heterocycles. The van der Waals surface area contributed by atoms with Crippen molar-refractivity contribution in [3.8, 4) is 0 Å². The number of amides is 2. The van der Waals surface area contributed by atoms with Gasteiger partial charge in [-0.1, -0.05) is 13.8 Å². The van der Waals surface area contributed by atoms with E-state index in [2.05, 4.69) is 10.6 Å². The molecule has 0 unspecified atom stereocenters. The Morgan fingerprint density at radius 3 is 1.71 bits per heavy atom. The molecule has 0 saturated carbocycles. The summed E-state index contributed by atoms with van der Waals surface area (Å²) in [5, 5.41) is 5.42. The summed E-state index contributed by atoms with van der Waals surface area (Å²) in [7, 11) is 0. The van der Waals surface area contributed by atoms with E-state index in [-0.39, 0.29) is 18.5 Å². The normalized spacial score (nSPS) is 13.6. The van der Waals surface area contributed by atoms with Crippen LogP contribution < -0.4 is 10.6 Å². The maximum absolute atomic E-state index is 11.8. The van der Waals surface area contributed by atoms with Crippen LogP contribution in [0.3, 0.4) is 0 Å². The molecule has 0 bridgehead atoms. The lowest BCUT2D eigenvalue weighted by atomic mass is 10.0. The molecule has 0 saturated heterocycles. The van der Waals surface area contributed by atoms with Gasteiger partial charge < -0.3 is 20.1 Å². The molecule has 0 rings (SSSR count). The summed E-state index contributed by atoms with van der Waals surface area (Å²) in [5.74, 6) is 0.146. The van der Waals surface area contributed by atoms with Crippen molar-refractivity contribution < 1.29 is 19.1 Å². The van der Waals surface area contributed by atoms with Gasteiger partial charge in [-0.05, 0) is 47.5 Å². The van der Waals surface area contributed by atoms with Gasteiger partial charge in [0.25, 0.3) is 0 Å². The molecule has 2 N–H and O–H groups in total. The van der Waals surface area contributed by atoms with E-state index in [4.69, 9.17) is 9.47 Å². The van der Waals surface area contributed by atoms with Crippen LogP contribution in [0.2, 0.25) is 0 Å². The van der Waals surface area contributed by atoms with Gasteiger partial charge in [0.1, 0.15) is 11.2 Å². The minimum absolute atomic E-state index is 0.146. The van der Waals surface area contributed by atoms with E-state index in [0.29, 0.717) is 0 Å². The van der Waals surface area contributed by atoms with Gasteiger partial charge in [0, 0.05) is 6.54 Å². The summed E-state index contributed by atoms with van der Waals surface area (Å²) in [6.45, 7) is 15.0. The molecule has 0 spiro atoms. The Hall–Kier alpha value is -1.46. The maximum atomic E-state index is 11.8. The molecule has 0 heterocycles. The predicted molar refractivity (Wildman–Crippen MR) is 82.2 cm³/mol. The lowest BCUT2D eigenvalue weighted by Crippen LogP contribution is -2.48. The van der Waals surface area contributed by atoms with Crippen molar-refractivity contribution in [3.05, 3.63) is 0 Å². The summed E-state index contributed by atoms with van der Waals surface area (Å²) in [5.41, 5.74) is -1.10. The van der Waals surface area contributed by atoms with Crippen LogP contribution in [0.4, 0.5) is 9.59 Å². The topological polar surface area (TPSA) is 76.7 Å². The summed E-state index contributed by atoms with van der Waals surface area (Å²) < 4.78 is 10.4. The second kappa shape index (κ2) is 7.52. The van der Waals surface area contributed by atoms with Gasteiger partial charge in [-0.2, -0.15) is 0 Å². The van der Waals surface area contributed by atoms with Crippen LogP contribution in [0.5, 0.6) is 0 Å². The Balaban J connectivity index is 4.39. The van der Waals surface area contributed by atoms with Crippen LogP contribution in [0, 0.1) is 5.92 Å². The number of alkyl carbamates (subject to hydrolysis) is 2. The first-order chi connectivity index (χ1) is 9.30. The minimum Gasteiger partial charge on any atom is -0.444 e. The molecule has 124 valence electrons. The van der Waals surface area contributed by atoms with Crippen molar-refractivity contribution in [3.63, 3.8) is 0 Å². The Morgan fingerprint density at radius 2 is 1.33 bits per heavy atom. The predicted octanol–water partition coefficient (Wildman–Crippen LogP) is 3.06. The number of nitrogens with one attached hydrogen (secondary N) is 2. The Kier molecular flexibility index (Phi) is 7.00. The highest BCUT2D eigenvalue weighted by Gasteiger charge is 2.23. The molecule has 2 amide bonds. The fourth-order valence-electron chi connectivity index (χ4n) is 1.42. The number of carbonyl (C=O) groups is 2. The molecule has 0 aromatic carbocycles. The Bertz CT molecular complexity index is 354. The fourth-order valence-corrected chi connectivity index (χ4v) is 1.42. The van der Waals surface area contributed by atoms with Crippen LogP contribution in [0.15, 0.2) is 0 Å². The molecule has 0 fully saturated rings. The molecule has 21 heavy (non-hydrogen) atoms. The quantitative estimate of drug-likeness (QED) is 0.836. The van der Waals surface area contributed by atoms with Crippen LogP contribution in [-0.4, -0.2) is 36.0 Å². The van der Waals surface area contributed by atoms with E-state index in [0.717, 1.165) is 0 Å². The van der Waals surface area contributed by atoms with E-state index < -0.39 is 23.4 Å². The number of carbonyl (C=O) groups excluding carboxylic acids is 2. The van der Waals surface area contributed by atoms with E-state index in [1.165, 1.54) is 0 Å². The monoisotopic (exact) mass is 302 g/mol. The smallest absolute Gasteiger partial charge is 0.407 e. The van der Waals surface area contributed by atoms with Gasteiger partial charge in [0.15, 0.2) is 0 Å². The molecule has 6 nitrogen and oxygen atoms in total. The second-order valence-corrected chi connectivity index (χ2v) is 7.38. The third-order valence-electron chi connectivity index (χ3n) is 2.37. The van der Waals surface area contributed by atoms with E-state index in [1.807, 2.05) is 13.8 Å². The van der Waals surface area contributed by atoms with Crippen molar-refractivity contribution in [1.29, 1.82) is 0 Å². The first-order valence-corrected chi connectivity index (χ1v) is 7.26. The third kappa shape index (κ3) is 10.9. The molecule has 0 radical (unpaired) electrons. The van der Waals surface area contributed by atoms with E-state index in [1.54, 1.807) is 41.5 Å². The summed E-state index contributed by atoms with van der Waals surface area (Å²) in [6.07, 6.45) is -0.994. The van der Waals surface area contributed by atoms with Crippen LogP contribution in [-0.2, 0) is 9.47 Å². The lowest BCUT2D eigenvalue weighted by molar-refractivity contribution is 0.0449. The maximum Gasteiger partial charge on any atom is 0.407 e. The fraction of sp³-hybridized carbons (Fsp3) is 0.867. The van der Waals surface area contributed by atoms with Crippen LogP contribution in [0.1, 0.15) is 55.4 Å². The van der Waals surface area contributed by atoms with Crippen molar-refractivity contribution in [2.24, 2.45) is 5.92 Å². The number of hydrogen-bond acceptors (Lipinski definition) is 4. The molecule has 0 aliphatic carbocycles. The number of ether oxygens (including phenoxy) is 2. The summed E-state index contributed by atoms with van der Waals surface area (Å²) >= 11 is 0. The highest BCUT2D eigenvalue weighted by atomic mass is 16.6. The SMILES string of the molecule is CC(C)[C@H](CNC(=O)OC(C)(C)C)NC(=O)OC(C)(C)C. The van der Waals surface area contributed by atoms with Crippen molar-refractivity contribution in [1.82, 2.24) is 10.6 Å². The zero-order valence-corrected chi connectivity index (χ0v) is 14.5. The Labute approximate surface area is 127 Å². The average Bonchev–Trinajstić information content (AvgIpc) is 2.18. The van der Waals surface area contributed by atoms with Gasteiger partial charge >= 0.3 is 12.2 Å². The third-order valence-corrected chi connectivity index (χ3v) is 2.37. The zero-order chi connectivity index (χ0) is 16.8. The number of rotatable bonds is 4. The van der Waals surface area contributed by atoms with Gasteiger partial charge in [-0.25, -0.2) is 9.59 Å². The Morgan fingerprint density at radius 1 is 0.905 bits per heavy atom. The average molecular weight is 302 g/mol. The highest BCUT2D eigenvalue weighted by molar-refractivity contribution is 5.69. The van der Waals surface area contributed by atoms with Crippen molar-refractivity contribution in [2.45, 2.75) is 72.6 Å². The summed E-state index contributed by atoms with van der Waals surface area (Å²) in [4.78, 5) is 23.4. The van der Waals surface area contributed by atoms with Crippen LogP contribution in [0.25, 0.3) is 0 Å². The first kappa shape index (κ1) is 19.5. The molecule has 6 heteroatoms. The second-order valence-electron chi connectivity index (χ2n) is 7.38. The van der Waals surface area contributed by atoms with Crippen LogP contribution >= 0.6 is 0 Å². The standard InChI is InChI=1S/C15H30N2O4/c1-10(2)11(17-13(19)21-15(6,7)8)9-16-12(18)20-14(3,4)5/h10-11H,9H2,1-8H3,(H,16,18)(H,17,19)/t11-/m0/s1. The van der Waals surface area contributed by atoms with Gasteiger partial charge in [0.2, 0.25) is 0 Å². The van der Waals surface area contributed by atoms with Gasteiger partial charge in [-0.3, -0.25) is 0 Å². The van der Waals surface area contributed by atoms with Crippen molar-refractivity contribution in [2.75, 3.05) is 6.54 Å². The molecule has 0 aromatic rings. The van der Waals surface area contributed by atoms with E-state index >= 15 is 0 Å². The minimum atomic E-state index is -0.551. The zero-order valence-electron chi connectivity index (χ0n) is 14.5. The lowest BCUT2D eigenvalue weighted by Gasteiger charge is -2.26. The van der Waals surface area contributed by atoms with Crippen molar-refractivity contribution >= 4 is 12.2 Å². The summed E-state index contributed by atoms with van der Waals surface area (Å²) in [6, 6.07) is -0.229. The first-order valence-electron chi connectivity index (χ1n) is 7.26. The van der Waals surface area contributed by atoms with Gasteiger partial charge in [0.05, 0.1) is 6.04 Å². The molecule has 0 aromatic heterocycles. The molecule has 1 atom stereocenters. The molecular weight excluding hydrogens is 272 g/mol. The number of hydrogen-bond donors (Lipinski definition) is 2.